The number of ether oxygens (including phenoxy) is 1. The van der Waals surface area contributed by atoms with E-state index < -0.39 is 0 Å². The van der Waals surface area contributed by atoms with Crippen molar-refractivity contribution in [3.05, 3.63) is 50.1 Å². The molecular formula is C13H12BrNO2S. The summed E-state index contributed by atoms with van der Waals surface area (Å²) >= 11 is 4.92. The fraction of sp³-hybridized carbons (Fsp3) is 0.154. The Morgan fingerprint density at radius 2 is 2.17 bits per heavy atom. The predicted octanol–water partition coefficient (Wildman–Crippen LogP) is 3.76. The summed E-state index contributed by atoms with van der Waals surface area (Å²) in [5.74, 6) is -0.322. The number of carbonyl (C=O) groups is 1. The predicted molar refractivity (Wildman–Crippen MR) is 76.7 cm³/mol. The van der Waals surface area contributed by atoms with E-state index in [-0.39, 0.29) is 5.97 Å². The molecule has 0 radical (unpaired) electrons. The first-order chi connectivity index (χ1) is 8.56. The van der Waals surface area contributed by atoms with Gasteiger partial charge in [-0.3, -0.25) is 0 Å². The Hall–Kier alpha value is -1.33. The van der Waals surface area contributed by atoms with Crippen molar-refractivity contribution in [3.63, 3.8) is 0 Å². The Kier molecular flexibility index (Phi) is 4.04. The molecule has 2 rings (SSSR count). The van der Waals surface area contributed by atoms with E-state index in [1.807, 2.05) is 19.1 Å². The third kappa shape index (κ3) is 3.11. The highest BCUT2D eigenvalue weighted by atomic mass is 79.9. The number of halogens is 1. The molecule has 0 aliphatic carbocycles. The lowest BCUT2D eigenvalue weighted by Gasteiger charge is -2.06. The van der Waals surface area contributed by atoms with Crippen LogP contribution in [0.1, 0.15) is 20.8 Å². The molecule has 1 aromatic carbocycles. The zero-order valence-electron chi connectivity index (χ0n) is 9.77. The molecule has 0 unspecified atom stereocenters. The minimum absolute atomic E-state index is 0.291. The second-order valence-electron chi connectivity index (χ2n) is 3.86. The lowest BCUT2D eigenvalue weighted by molar-refractivity contribution is 0.0476. The van der Waals surface area contributed by atoms with Crippen LogP contribution >= 0.6 is 27.3 Å². The van der Waals surface area contributed by atoms with E-state index in [1.165, 1.54) is 0 Å². The van der Waals surface area contributed by atoms with E-state index >= 15 is 0 Å². The number of nitrogens with two attached hydrogens (primary N) is 1. The van der Waals surface area contributed by atoms with Crippen LogP contribution in [0, 0.1) is 6.92 Å². The second-order valence-corrected chi connectivity index (χ2v) is 6.40. The molecule has 1 heterocycles. The van der Waals surface area contributed by atoms with Gasteiger partial charge in [0, 0.05) is 10.6 Å². The van der Waals surface area contributed by atoms with E-state index in [1.54, 1.807) is 29.5 Å². The van der Waals surface area contributed by atoms with Crippen molar-refractivity contribution in [2.75, 3.05) is 5.73 Å². The van der Waals surface area contributed by atoms with Crippen molar-refractivity contribution in [2.24, 2.45) is 0 Å². The molecule has 2 aromatic rings. The van der Waals surface area contributed by atoms with Crippen molar-refractivity contribution >= 4 is 38.9 Å². The average Bonchev–Trinajstić information content (AvgIpc) is 2.72. The third-order valence-electron chi connectivity index (χ3n) is 2.44. The van der Waals surface area contributed by atoms with Gasteiger partial charge < -0.3 is 10.5 Å². The molecule has 3 nitrogen and oxygen atoms in total. The molecule has 2 N–H and O–H groups in total. The average molecular weight is 326 g/mol. The first-order valence-electron chi connectivity index (χ1n) is 5.34. The highest BCUT2D eigenvalue weighted by Crippen LogP contribution is 2.23. The Morgan fingerprint density at radius 3 is 2.78 bits per heavy atom. The molecule has 0 bridgehead atoms. The molecule has 0 amide bonds. The van der Waals surface area contributed by atoms with Gasteiger partial charge in [0.2, 0.25) is 0 Å². The molecule has 0 spiro atoms. The summed E-state index contributed by atoms with van der Waals surface area (Å²) in [6, 6.07) is 9.02. The number of aryl methyl sites for hydroxylation is 1. The maximum atomic E-state index is 11.9. The first kappa shape index (κ1) is 13.1. The summed E-state index contributed by atoms with van der Waals surface area (Å²) in [5.41, 5.74) is 7.67. The SMILES string of the molecule is Cc1cc(N)ccc1C(=O)OCc1ccc(Br)s1. The monoisotopic (exact) mass is 325 g/mol. The summed E-state index contributed by atoms with van der Waals surface area (Å²) in [5, 5.41) is 0. The van der Waals surface area contributed by atoms with Gasteiger partial charge in [-0.15, -0.1) is 11.3 Å². The highest BCUT2D eigenvalue weighted by molar-refractivity contribution is 9.11. The van der Waals surface area contributed by atoms with Gasteiger partial charge in [0.05, 0.1) is 9.35 Å². The maximum Gasteiger partial charge on any atom is 0.338 e. The van der Waals surface area contributed by atoms with E-state index in [4.69, 9.17) is 10.5 Å². The molecule has 0 fully saturated rings. The van der Waals surface area contributed by atoms with Crippen molar-refractivity contribution in [2.45, 2.75) is 13.5 Å². The van der Waals surface area contributed by atoms with E-state index in [9.17, 15) is 4.79 Å². The molecular weight excluding hydrogens is 314 g/mol. The number of rotatable bonds is 3. The van der Waals surface area contributed by atoms with Crippen LogP contribution in [0.4, 0.5) is 5.69 Å². The number of benzene rings is 1. The fourth-order valence-corrected chi connectivity index (χ4v) is 2.96. The van der Waals surface area contributed by atoms with Crippen LogP contribution in [0.15, 0.2) is 34.1 Å². The molecule has 1 aromatic heterocycles. The van der Waals surface area contributed by atoms with Crippen molar-refractivity contribution in [1.29, 1.82) is 0 Å². The first-order valence-corrected chi connectivity index (χ1v) is 6.94. The van der Waals surface area contributed by atoms with Crippen molar-refractivity contribution in [3.8, 4) is 0 Å². The zero-order chi connectivity index (χ0) is 13.1. The number of carbonyl (C=O) groups excluding carboxylic acids is 1. The van der Waals surface area contributed by atoms with Crippen LogP contribution in [-0.4, -0.2) is 5.97 Å². The summed E-state index contributed by atoms with van der Waals surface area (Å²) < 4.78 is 6.28. The number of hydrogen-bond donors (Lipinski definition) is 1. The zero-order valence-corrected chi connectivity index (χ0v) is 12.2. The fourth-order valence-electron chi connectivity index (χ4n) is 1.56. The van der Waals surface area contributed by atoms with Crippen LogP contribution in [0.3, 0.4) is 0 Å². The van der Waals surface area contributed by atoms with Gasteiger partial charge in [-0.05, 0) is 58.7 Å². The topological polar surface area (TPSA) is 52.3 Å². The standard InChI is InChI=1S/C13H12BrNO2S/c1-8-6-9(15)2-4-11(8)13(16)17-7-10-3-5-12(14)18-10/h2-6H,7,15H2,1H3. The number of anilines is 1. The van der Waals surface area contributed by atoms with E-state index in [2.05, 4.69) is 15.9 Å². The van der Waals surface area contributed by atoms with Crippen LogP contribution in [0.25, 0.3) is 0 Å². The normalized spacial score (nSPS) is 10.3. The molecule has 0 aliphatic heterocycles. The molecule has 5 heteroatoms. The largest absolute Gasteiger partial charge is 0.456 e. The lowest BCUT2D eigenvalue weighted by atomic mass is 10.1. The summed E-state index contributed by atoms with van der Waals surface area (Å²) in [4.78, 5) is 12.9. The quantitative estimate of drug-likeness (QED) is 0.690. The maximum absolute atomic E-state index is 11.9. The van der Waals surface area contributed by atoms with Crippen LogP contribution < -0.4 is 5.73 Å². The lowest BCUT2D eigenvalue weighted by Crippen LogP contribution is -2.07. The van der Waals surface area contributed by atoms with Gasteiger partial charge in [0.15, 0.2) is 0 Å². The molecule has 0 saturated carbocycles. The molecule has 0 aliphatic rings. The number of esters is 1. The third-order valence-corrected chi connectivity index (χ3v) is 4.04. The van der Waals surface area contributed by atoms with Gasteiger partial charge in [-0.2, -0.15) is 0 Å². The number of hydrogen-bond acceptors (Lipinski definition) is 4. The summed E-state index contributed by atoms with van der Waals surface area (Å²) in [6.07, 6.45) is 0. The Morgan fingerprint density at radius 1 is 1.39 bits per heavy atom. The second kappa shape index (κ2) is 5.54. The van der Waals surface area contributed by atoms with Crippen LogP contribution in [-0.2, 0) is 11.3 Å². The molecule has 0 saturated heterocycles. The molecule has 18 heavy (non-hydrogen) atoms. The van der Waals surface area contributed by atoms with Crippen LogP contribution in [0.5, 0.6) is 0 Å². The molecule has 0 atom stereocenters. The van der Waals surface area contributed by atoms with Gasteiger partial charge >= 0.3 is 5.97 Å². The van der Waals surface area contributed by atoms with E-state index in [0.29, 0.717) is 17.9 Å². The summed E-state index contributed by atoms with van der Waals surface area (Å²) in [6.45, 7) is 2.13. The number of thiophene rings is 1. The van der Waals surface area contributed by atoms with Gasteiger partial charge in [0.25, 0.3) is 0 Å². The van der Waals surface area contributed by atoms with Crippen molar-refractivity contribution < 1.29 is 9.53 Å². The van der Waals surface area contributed by atoms with Crippen molar-refractivity contribution in [1.82, 2.24) is 0 Å². The van der Waals surface area contributed by atoms with Crippen LogP contribution in [0.2, 0.25) is 0 Å². The van der Waals surface area contributed by atoms with Gasteiger partial charge in [0.1, 0.15) is 6.61 Å². The minimum atomic E-state index is -0.322. The smallest absolute Gasteiger partial charge is 0.338 e. The number of nitrogen functional groups attached to an aromatic ring is 1. The summed E-state index contributed by atoms with van der Waals surface area (Å²) in [7, 11) is 0. The van der Waals surface area contributed by atoms with Gasteiger partial charge in [-0.1, -0.05) is 0 Å². The minimum Gasteiger partial charge on any atom is -0.456 e. The van der Waals surface area contributed by atoms with E-state index in [0.717, 1.165) is 14.2 Å². The van der Waals surface area contributed by atoms with Gasteiger partial charge in [-0.25, -0.2) is 4.79 Å². The highest BCUT2D eigenvalue weighted by Gasteiger charge is 2.11. The Labute approximate surface area is 118 Å². The Bertz CT molecular complexity index is 580. The Balaban J connectivity index is 2.03. The molecule has 94 valence electrons.